The standard InChI is InChI=1S/C12H24N6/c1-2-4-6-8-10-12-14-16-18-17-15-13-11-9-7-5-3-1/h1-12H2/b15-13+,16-14+,18-17-. The summed E-state index contributed by atoms with van der Waals surface area (Å²) in [6.07, 6.45) is 12.7. The van der Waals surface area contributed by atoms with Gasteiger partial charge in [0.25, 0.3) is 0 Å². The Balaban J connectivity index is 2.20. The minimum absolute atomic E-state index is 0.732. The first-order valence-corrected chi connectivity index (χ1v) is 7.13. The van der Waals surface area contributed by atoms with Crippen LogP contribution in [0, 0.1) is 0 Å². The van der Waals surface area contributed by atoms with Gasteiger partial charge in [-0.1, -0.05) is 51.4 Å². The van der Waals surface area contributed by atoms with Crippen molar-refractivity contribution < 1.29 is 0 Å². The Morgan fingerprint density at radius 1 is 0.333 bits per heavy atom. The van der Waals surface area contributed by atoms with Crippen molar-refractivity contribution in [2.24, 2.45) is 31.1 Å². The molecule has 0 radical (unpaired) electrons. The first-order chi connectivity index (χ1) is 9.00. The Morgan fingerprint density at radius 3 is 1.06 bits per heavy atom. The van der Waals surface area contributed by atoms with Crippen molar-refractivity contribution in [3.8, 4) is 0 Å². The van der Waals surface area contributed by atoms with Crippen LogP contribution in [-0.4, -0.2) is 13.1 Å². The third-order valence-corrected chi connectivity index (χ3v) is 3.01. The van der Waals surface area contributed by atoms with Crippen LogP contribution in [0.1, 0.15) is 64.2 Å². The molecule has 0 aromatic carbocycles. The Morgan fingerprint density at radius 2 is 0.667 bits per heavy atom. The molecule has 1 aliphatic heterocycles. The monoisotopic (exact) mass is 252 g/mol. The molecule has 6 heteroatoms. The van der Waals surface area contributed by atoms with E-state index in [1.165, 1.54) is 51.4 Å². The second-order valence-electron chi connectivity index (χ2n) is 4.62. The first kappa shape index (κ1) is 14.9. The number of nitrogens with zero attached hydrogens (tertiary/aromatic N) is 6. The zero-order valence-electron chi connectivity index (χ0n) is 11.2. The lowest BCUT2D eigenvalue weighted by atomic mass is 10.1. The summed E-state index contributed by atoms with van der Waals surface area (Å²) >= 11 is 0. The van der Waals surface area contributed by atoms with Crippen LogP contribution in [0.25, 0.3) is 0 Å². The number of hydrogen-bond acceptors (Lipinski definition) is 6. The van der Waals surface area contributed by atoms with E-state index in [0.29, 0.717) is 0 Å². The van der Waals surface area contributed by atoms with Crippen LogP contribution in [0.4, 0.5) is 0 Å². The maximum atomic E-state index is 3.90. The van der Waals surface area contributed by atoms with Gasteiger partial charge >= 0.3 is 0 Å². The molecule has 18 heavy (non-hydrogen) atoms. The predicted molar refractivity (Wildman–Crippen MR) is 70.5 cm³/mol. The highest BCUT2D eigenvalue weighted by Crippen LogP contribution is 2.10. The molecule has 102 valence electrons. The lowest BCUT2D eigenvalue weighted by molar-refractivity contribution is 0.550. The average Bonchev–Trinajstić information content (AvgIpc) is 2.39. The molecule has 0 bridgehead atoms. The lowest BCUT2D eigenvalue weighted by Crippen LogP contribution is -1.85. The molecule has 0 N–H and O–H groups in total. The second kappa shape index (κ2) is 12.3. The van der Waals surface area contributed by atoms with Gasteiger partial charge in [0.1, 0.15) is 0 Å². The van der Waals surface area contributed by atoms with Crippen molar-refractivity contribution in [3.63, 3.8) is 0 Å². The van der Waals surface area contributed by atoms with Crippen LogP contribution in [0.3, 0.4) is 0 Å². The summed E-state index contributed by atoms with van der Waals surface area (Å²) in [6.45, 7) is 1.46. The van der Waals surface area contributed by atoms with Gasteiger partial charge in [-0.3, -0.25) is 0 Å². The number of rotatable bonds is 0. The van der Waals surface area contributed by atoms with E-state index in [4.69, 9.17) is 0 Å². The van der Waals surface area contributed by atoms with Crippen LogP contribution in [0.5, 0.6) is 0 Å². The summed E-state index contributed by atoms with van der Waals surface area (Å²) in [5, 5.41) is 21.8. The van der Waals surface area contributed by atoms with Crippen molar-refractivity contribution in [1.29, 1.82) is 0 Å². The highest BCUT2D eigenvalue weighted by molar-refractivity contribution is 4.49. The molecule has 0 amide bonds. The van der Waals surface area contributed by atoms with Crippen molar-refractivity contribution in [2.75, 3.05) is 13.1 Å². The van der Waals surface area contributed by atoms with E-state index in [0.717, 1.165) is 25.9 Å². The van der Waals surface area contributed by atoms with Gasteiger partial charge < -0.3 is 0 Å². The molecule has 0 fully saturated rings. The lowest BCUT2D eigenvalue weighted by Gasteiger charge is -2.01. The molecule has 1 heterocycles. The molecular weight excluding hydrogens is 228 g/mol. The fraction of sp³-hybridized carbons (Fsp3) is 1.00. The fourth-order valence-corrected chi connectivity index (χ4v) is 1.96. The third kappa shape index (κ3) is 9.99. The maximum Gasteiger partial charge on any atom is 0.0621 e. The van der Waals surface area contributed by atoms with Crippen molar-refractivity contribution in [1.82, 2.24) is 0 Å². The van der Waals surface area contributed by atoms with Gasteiger partial charge in [0.15, 0.2) is 0 Å². The highest BCUT2D eigenvalue weighted by Gasteiger charge is 1.93. The minimum Gasteiger partial charge on any atom is -0.167 e. The van der Waals surface area contributed by atoms with Gasteiger partial charge in [-0.25, -0.2) is 0 Å². The predicted octanol–water partition coefficient (Wildman–Crippen LogP) is 5.09. The van der Waals surface area contributed by atoms with E-state index >= 15 is 0 Å². The molecule has 6 nitrogen and oxygen atoms in total. The summed E-state index contributed by atoms with van der Waals surface area (Å²) in [5.41, 5.74) is 0. The van der Waals surface area contributed by atoms with E-state index in [-0.39, 0.29) is 0 Å². The van der Waals surface area contributed by atoms with Crippen LogP contribution in [-0.2, 0) is 0 Å². The Kier molecular flexibility index (Phi) is 10.1. The molecule has 0 unspecified atom stereocenters. The Hall–Kier alpha value is -1.20. The summed E-state index contributed by atoms with van der Waals surface area (Å²) in [4.78, 5) is 0. The summed E-state index contributed by atoms with van der Waals surface area (Å²) in [7, 11) is 0. The molecule has 0 saturated carbocycles. The fourth-order valence-electron chi connectivity index (χ4n) is 1.96. The van der Waals surface area contributed by atoms with Gasteiger partial charge in [-0.05, 0) is 33.7 Å². The molecular formula is C12H24N6. The van der Waals surface area contributed by atoms with Crippen LogP contribution in [0.15, 0.2) is 31.1 Å². The van der Waals surface area contributed by atoms with Crippen LogP contribution < -0.4 is 0 Å². The van der Waals surface area contributed by atoms with E-state index < -0.39 is 0 Å². The Bertz CT molecular complexity index is 235. The normalized spacial score (nSPS) is 26.7. The average molecular weight is 252 g/mol. The molecule has 0 saturated heterocycles. The van der Waals surface area contributed by atoms with E-state index in [1.807, 2.05) is 0 Å². The number of hydrogen-bond donors (Lipinski definition) is 0. The molecule has 1 rings (SSSR count). The zero-order valence-corrected chi connectivity index (χ0v) is 11.2. The second-order valence-corrected chi connectivity index (χ2v) is 4.62. The van der Waals surface area contributed by atoms with E-state index in [2.05, 4.69) is 31.1 Å². The summed E-state index contributed by atoms with van der Waals surface area (Å²) in [5.74, 6) is 0. The molecule has 0 aromatic rings. The van der Waals surface area contributed by atoms with Crippen LogP contribution >= 0.6 is 0 Å². The maximum absolute atomic E-state index is 3.90. The van der Waals surface area contributed by atoms with E-state index in [1.54, 1.807) is 0 Å². The van der Waals surface area contributed by atoms with Gasteiger partial charge in [0, 0.05) is 0 Å². The SMILES string of the molecule is C1CCCCCC/N=N/N=N\N=N\CCCCC1. The summed E-state index contributed by atoms with van der Waals surface area (Å²) in [6, 6.07) is 0. The Labute approximate surface area is 109 Å². The zero-order chi connectivity index (χ0) is 12.7. The largest absolute Gasteiger partial charge is 0.167 e. The van der Waals surface area contributed by atoms with Gasteiger partial charge in [0.05, 0.1) is 13.1 Å². The molecule has 0 aromatic heterocycles. The summed E-state index contributed by atoms with van der Waals surface area (Å²) < 4.78 is 0. The van der Waals surface area contributed by atoms with Gasteiger partial charge in [-0.15, -0.1) is 0 Å². The molecule has 0 spiro atoms. The topological polar surface area (TPSA) is 74.2 Å². The molecule has 0 atom stereocenters. The molecule has 1 aliphatic rings. The van der Waals surface area contributed by atoms with Crippen molar-refractivity contribution in [2.45, 2.75) is 64.2 Å². The molecule has 0 aliphatic carbocycles. The first-order valence-electron chi connectivity index (χ1n) is 7.13. The van der Waals surface area contributed by atoms with Gasteiger partial charge in [0.2, 0.25) is 0 Å². The minimum atomic E-state index is 0.732. The smallest absolute Gasteiger partial charge is 0.0621 e. The quantitative estimate of drug-likeness (QED) is 0.576. The van der Waals surface area contributed by atoms with Crippen molar-refractivity contribution in [3.05, 3.63) is 0 Å². The van der Waals surface area contributed by atoms with Crippen LogP contribution in [0.2, 0.25) is 0 Å². The highest BCUT2D eigenvalue weighted by atomic mass is 15.6. The van der Waals surface area contributed by atoms with Crippen molar-refractivity contribution >= 4 is 0 Å². The third-order valence-electron chi connectivity index (χ3n) is 3.01. The van der Waals surface area contributed by atoms with Gasteiger partial charge in [-0.2, -0.15) is 10.2 Å². The van der Waals surface area contributed by atoms with E-state index in [9.17, 15) is 0 Å².